The minimum atomic E-state index is -1.05. The summed E-state index contributed by atoms with van der Waals surface area (Å²) in [6.45, 7) is 0. The molecule has 3 aromatic rings. The fourth-order valence-corrected chi connectivity index (χ4v) is 4.29. The lowest BCUT2D eigenvalue weighted by Crippen LogP contribution is -2.59. The highest BCUT2D eigenvalue weighted by Crippen LogP contribution is 2.33. The first-order valence-electron chi connectivity index (χ1n) is 9.90. The van der Waals surface area contributed by atoms with E-state index in [1.54, 1.807) is 36.7 Å². The van der Waals surface area contributed by atoms with Gasteiger partial charge in [-0.3, -0.25) is 5.10 Å². The van der Waals surface area contributed by atoms with Gasteiger partial charge in [0, 0.05) is 41.9 Å². The number of hydrogen-bond acceptors (Lipinski definition) is 6. The highest BCUT2D eigenvalue weighted by molar-refractivity contribution is 5.73. The SMILES string of the molecule is Oc1cc(-c2cn[nH]c2)ccc1-c1ccc(O[C@H]2CC3CCCC(N3)[C@H]2F)nn1. The molecule has 4 heterocycles. The molecule has 2 unspecified atom stereocenters. The third-order valence-electron chi connectivity index (χ3n) is 5.79. The van der Waals surface area contributed by atoms with Gasteiger partial charge in [0.25, 0.3) is 0 Å². The maximum Gasteiger partial charge on any atom is 0.233 e. The first-order chi connectivity index (χ1) is 14.2. The number of nitrogens with one attached hydrogen (secondary N) is 2. The van der Waals surface area contributed by atoms with Crippen LogP contribution >= 0.6 is 0 Å². The number of alkyl halides is 1. The highest BCUT2D eigenvalue weighted by atomic mass is 19.1. The van der Waals surface area contributed by atoms with Crippen molar-refractivity contribution < 1.29 is 14.2 Å². The van der Waals surface area contributed by atoms with E-state index in [-0.39, 0.29) is 11.8 Å². The number of phenols is 1. The average Bonchev–Trinajstić information content (AvgIpc) is 3.28. The molecule has 5 rings (SSSR count). The number of hydrogen-bond donors (Lipinski definition) is 3. The smallest absolute Gasteiger partial charge is 0.233 e. The minimum Gasteiger partial charge on any atom is -0.507 e. The van der Waals surface area contributed by atoms with Gasteiger partial charge in [0.05, 0.1) is 11.9 Å². The van der Waals surface area contributed by atoms with E-state index in [2.05, 4.69) is 25.7 Å². The van der Waals surface area contributed by atoms with Crippen LogP contribution in [-0.4, -0.2) is 49.9 Å². The van der Waals surface area contributed by atoms with E-state index in [0.717, 1.165) is 30.4 Å². The minimum absolute atomic E-state index is 0.0988. The molecule has 7 nitrogen and oxygen atoms in total. The van der Waals surface area contributed by atoms with E-state index in [1.807, 2.05) is 6.07 Å². The van der Waals surface area contributed by atoms with Gasteiger partial charge in [0.15, 0.2) is 6.17 Å². The third kappa shape index (κ3) is 3.55. The van der Waals surface area contributed by atoms with Crippen LogP contribution in [0.25, 0.3) is 22.4 Å². The van der Waals surface area contributed by atoms with Crippen LogP contribution in [0.3, 0.4) is 0 Å². The van der Waals surface area contributed by atoms with Gasteiger partial charge in [-0.05, 0) is 36.6 Å². The fourth-order valence-electron chi connectivity index (χ4n) is 4.29. The molecular formula is C21H22FN5O2. The molecule has 2 aliphatic heterocycles. The van der Waals surface area contributed by atoms with E-state index in [1.165, 1.54) is 0 Å². The molecule has 2 aromatic heterocycles. The van der Waals surface area contributed by atoms with Gasteiger partial charge in [-0.1, -0.05) is 12.5 Å². The Bertz CT molecular complexity index is 979. The number of rotatable bonds is 4. The van der Waals surface area contributed by atoms with Crippen LogP contribution in [0.5, 0.6) is 11.6 Å². The largest absolute Gasteiger partial charge is 0.507 e. The summed E-state index contributed by atoms with van der Waals surface area (Å²) in [5.74, 6) is 0.401. The molecule has 8 heteroatoms. The topological polar surface area (TPSA) is 96.0 Å². The van der Waals surface area contributed by atoms with Crippen molar-refractivity contribution >= 4 is 0 Å². The lowest BCUT2D eigenvalue weighted by atomic mass is 9.84. The Morgan fingerprint density at radius 2 is 2.03 bits per heavy atom. The number of aromatic nitrogens is 4. The first kappa shape index (κ1) is 18.1. The van der Waals surface area contributed by atoms with Crippen molar-refractivity contribution in [2.75, 3.05) is 0 Å². The molecule has 0 amide bonds. The lowest BCUT2D eigenvalue weighted by Gasteiger charge is -2.42. The Morgan fingerprint density at radius 1 is 1.10 bits per heavy atom. The van der Waals surface area contributed by atoms with Gasteiger partial charge in [-0.25, -0.2) is 4.39 Å². The summed E-state index contributed by atoms with van der Waals surface area (Å²) in [5.41, 5.74) is 2.82. The number of ether oxygens (including phenoxy) is 1. The monoisotopic (exact) mass is 395 g/mol. The Kier molecular flexibility index (Phi) is 4.63. The predicted molar refractivity (Wildman–Crippen MR) is 105 cm³/mol. The molecule has 3 N–H and O–H groups in total. The van der Waals surface area contributed by atoms with E-state index in [0.29, 0.717) is 29.6 Å². The van der Waals surface area contributed by atoms with E-state index in [4.69, 9.17) is 4.74 Å². The molecule has 1 aromatic carbocycles. The molecule has 0 radical (unpaired) electrons. The summed E-state index contributed by atoms with van der Waals surface area (Å²) in [6.07, 6.45) is 5.49. The summed E-state index contributed by atoms with van der Waals surface area (Å²) in [7, 11) is 0. The second kappa shape index (κ2) is 7.44. The van der Waals surface area contributed by atoms with Gasteiger partial charge >= 0.3 is 0 Å². The summed E-state index contributed by atoms with van der Waals surface area (Å²) in [6, 6.07) is 8.91. The van der Waals surface area contributed by atoms with Crippen molar-refractivity contribution in [1.82, 2.24) is 25.7 Å². The summed E-state index contributed by atoms with van der Waals surface area (Å²) >= 11 is 0. The Hall–Kier alpha value is -3.00. The standard InChI is InChI=1S/C21H22FN5O2/c22-21-17-3-1-2-14(25-17)9-19(21)29-20-7-6-16(26-27-20)15-5-4-12(8-18(15)28)13-10-23-24-11-13/h4-8,10-11,14,17,19,21,25,28H,1-3,9H2,(H,23,24)/t14?,17?,19-,21+/m0/s1. The zero-order chi connectivity index (χ0) is 19.8. The molecule has 2 bridgehead atoms. The maximum absolute atomic E-state index is 14.7. The fraction of sp³-hybridized carbons (Fsp3) is 0.381. The van der Waals surface area contributed by atoms with Crippen molar-refractivity contribution in [3.05, 3.63) is 42.7 Å². The van der Waals surface area contributed by atoms with Crippen LogP contribution in [0.2, 0.25) is 0 Å². The zero-order valence-corrected chi connectivity index (χ0v) is 15.8. The van der Waals surface area contributed by atoms with Crippen molar-refractivity contribution in [1.29, 1.82) is 0 Å². The van der Waals surface area contributed by atoms with Gasteiger partial charge in [0.1, 0.15) is 11.9 Å². The summed E-state index contributed by atoms with van der Waals surface area (Å²) in [4.78, 5) is 0. The van der Waals surface area contributed by atoms with Crippen LogP contribution < -0.4 is 10.1 Å². The maximum atomic E-state index is 14.7. The van der Waals surface area contributed by atoms with Crippen molar-refractivity contribution in [3.63, 3.8) is 0 Å². The summed E-state index contributed by atoms with van der Waals surface area (Å²) < 4.78 is 20.5. The number of benzene rings is 1. The zero-order valence-electron chi connectivity index (χ0n) is 15.8. The van der Waals surface area contributed by atoms with Crippen LogP contribution in [0, 0.1) is 0 Å². The number of fused-ring (bicyclic) bond motifs is 2. The Balaban J connectivity index is 1.31. The van der Waals surface area contributed by atoms with Crippen molar-refractivity contribution in [2.24, 2.45) is 0 Å². The van der Waals surface area contributed by atoms with Crippen LogP contribution in [0.1, 0.15) is 25.7 Å². The Morgan fingerprint density at radius 3 is 2.79 bits per heavy atom. The molecule has 29 heavy (non-hydrogen) atoms. The van der Waals surface area contributed by atoms with E-state index < -0.39 is 12.3 Å². The predicted octanol–water partition coefficient (Wildman–Crippen LogP) is 3.24. The van der Waals surface area contributed by atoms with Gasteiger partial charge < -0.3 is 15.2 Å². The van der Waals surface area contributed by atoms with Gasteiger partial charge in [-0.2, -0.15) is 5.10 Å². The number of H-pyrrole nitrogens is 1. The third-order valence-corrected chi connectivity index (χ3v) is 5.79. The first-order valence-corrected chi connectivity index (χ1v) is 9.90. The molecule has 2 aliphatic rings. The molecule has 150 valence electrons. The number of phenolic OH excluding ortho intramolecular Hbond substituents is 1. The summed E-state index contributed by atoms with van der Waals surface area (Å²) in [5, 5.41) is 28.7. The molecule has 4 atom stereocenters. The molecule has 0 saturated carbocycles. The number of halogens is 1. The van der Waals surface area contributed by atoms with Gasteiger partial charge in [0.2, 0.25) is 5.88 Å². The number of aromatic hydroxyl groups is 1. The second-order valence-corrected chi connectivity index (χ2v) is 7.71. The van der Waals surface area contributed by atoms with Crippen LogP contribution in [-0.2, 0) is 0 Å². The van der Waals surface area contributed by atoms with Gasteiger partial charge in [-0.15, -0.1) is 10.2 Å². The molecule has 0 spiro atoms. The molecular weight excluding hydrogens is 373 g/mol. The lowest BCUT2D eigenvalue weighted by molar-refractivity contribution is 0.00652. The van der Waals surface area contributed by atoms with Crippen LogP contribution in [0.4, 0.5) is 4.39 Å². The van der Waals surface area contributed by atoms with Crippen LogP contribution in [0.15, 0.2) is 42.7 Å². The number of aromatic amines is 1. The normalized spacial score (nSPS) is 26.2. The molecule has 0 aliphatic carbocycles. The van der Waals surface area contributed by atoms with Crippen molar-refractivity contribution in [2.45, 2.75) is 50.0 Å². The highest BCUT2D eigenvalue weighted by Gasteiger charge is 2.41. The quantitative estimate of drug-likeness (QED) is 0.628. The second-order valence-electron chi connectivity index (χ2n) is 7.71. The molecule has 2 fully saturated rings. The number of piperidine rings is 2. The molecule has 2 saturated heterocycles. The van der Waals surface area contributed by atoms with E-state index in [9.17, 15) is 9.50 Å². The average molecular weight is 395 g/mol. The van der Waals surface area contributed by atoms with E-state index >= 15 is 0 Å². The van der Waals surface area contributed by atoms with Crippen molar-refractivity contribution in [3.8, 4) is 34.0 Å². The Labute approximate surface area is 167 Å². The number of nitrogens with zero attached hydrogens (tertiary/aromatic N) is 3.